The molecule has 5 heteroatoms. The summed E-state index contributed by atoms with van der Waals surface area (Å²) >= 11 is 0. The molecular formula is C20H24N4O. The zero-order valence-corrected chi connectivity index (χ0v) is 14.9. The standard InChI is InChI=1S/C20H24N4O/c1-15(20-22-21-16(2)25-20)24-12-10-23(11-13-24)14-18-8-5-7-17-6-3-4-9-19(17)18/h3-9,15H,10-14H2,1-2H3/t15-/m1/s1. The Balaban J connectivity index is 1.40. The zero-order chi connectivity index (χ0) is 17.2. The molecule has 2 aromatic carbocycles. The van der Waals surface area contributed by atoms with E-state index in [0.717, 1.165) is 38.6 Å². The van der Waals surface area contributed by atoms with Crippen molar-refractivity contribution in [1.29, 1.82) is 0 Å². The fourth-order valence-electron chi connectivity index (χ4n) is 3.62. The van der Waals surface area contributed by atoms with Crippen LogP contribution in [0, 0.1) is 6.92 Å². The Morgan fingerprint density at radius 2 is 1.76 bits per heavy atom. The maximum absolute atomic E-state index is 5.59. The average molecular weight is 336 g/mol. The van der Waals surface area contributed by atoms with Crippen molar-refractivity contribution in [3.63, 3.8) is 0 Å². The van der Waals surface area contributed by atoms with Crippen molar-refractivity contribution in [3.8, 4) is 0 Å². The Labute approximate surface area is 148 Å². The van der Waals surface area contributed by atoms with Crippen molar-refractivity contribution in [1.82, 2.24) is 20.0 Å². The molecule has 0 radical (unpaired) electrons. The van der Waals surface area contributed by atoms with Crippen molar-refractivity contribution < 1.29 is 4.42 Å². The molecule has 0 saturated carbocycles. The maximum atomic E-state index is 5.59. The van der Waals surface area contributed by atoms with Crippen LogP contribution in [0.3, 0.4) is 0 Å². The van der Waals surface area contributed by atoms with E-state index < -0.39 is 0 Å². The van der Waals surface area contributed by atoms with Gasteiger partial charge in [0.05, 0.1) is 6.04 Å². The SMILES string of the molecule is Cc1nnc([C@@H](C)N2CCN(Cc3cccc4ccccc34)CC2)o1. The summed E-state index contributed by atoms with van der Waals surface area (Å²) < 4.78 is 5.59. The van der Waals surface area contributed by atoms with Crippen LogP contribution in [-0.2, 0) is 6.54 Å². The van der Waals surface area contributed by atoms with Gasteiger partial charge < -0.3 is 4.42 Å². The van der Waals surface area contributed by atoms with Gasteiger partial charge in [-0.15, -0.1) is 10.2 Å². The first-order valence-corrected chi connectivity index (χ1v) is 8.94. The quantitative estimate of drug-likeness (QED) is 0.730. The van der Waals surface area contributed by atoms with Gasteiger partial charge >= 0.3 is 0 Å². The fourth-order valence-corrected chi connectivity index (χ4v) is 3.62. The number of fused-ring (bicyclic) bond motifs is 1. The monoisotopic (exact) mass is 336 g/mol. The molecule has 1 aromatic heterocycles. The lowest BCUT2D eigenvalue weighted by molar-refractivity contribution is 0.0872. The molecule has 0 amide bonds. The molecule has 1 aliphatic heterocycles. The molecule has 1 aliphatic rings. The number of nitrogens with zero attached hydrogens (tertiary/aromatic N) is 4. The van der Waals surface area contributed by atoms with Crippen molar-refractivity contribution in [2.75, 3.05) is 26.2 Å². The summed E-state index contributed by atoms with van der Waals surface area (Å²) in [5.41, 5.74) is 1.41. The van der Waals surface area contributed by atoms with Gasteiger partial charge in [0.1, 0.15) is 0 Å². The topological polar surface area (TPSA) is 45.4 Å². The third-order valence-electron chi connectivity index (χ3n) is 5.13. The van der Waals surface area contributed by atoms with Crippen molar-refractivity contribution >= 4 is 10.8 Å². The van der Waals surface area contributed by atoms with E-state index in [4.69, 9.17) is 4.42 Å². The molecule has 1 saturated heterocycles. The van der Waals surface area contributed by atoms with E-state index in [0.29, 0.717) is 5.89 Å². The minimum atomic E-state index is 0.181. The molecule has 0 aliphatic carbocycles. The number of benzene rings is 2. The van der Waals surface area contributed by atoms with Crippen LogP contribution >= 0.6 is 0 Å². The fraction of sp³-hybridized carbons (Fsp3) is 0.400. The van der Waals surface area contributed by atoms with E-state index in [1.54, 1.807) is 0 Å². The van der Waals surface area contributed by atoms with Crippen LogP contribution in [0.25, 0.3) is 10.8 Å². The summed E-state index contributed by atoms with van der Waals surface area (Å²) in [6, 6.07) is 15.4. The first-order valence-electron chi connectivity index (χ1n) is 8.94. The van der Waals surface area contributed by atoms with Crippen molar-refractivity contribution in [3.05, 3.63) is 59.8 Å². The normalized spacial score (nSPS) is 17.8. The summed E-state index contributed by atoms with van der Waals surface area (Å²) in [5.74, 6) is 1.36. The summed E-state index contributed by atoms with van der Waals surface area (Å²) in [5, 5.41) is 10.8. The molecule has 0 bridgehead atoms. The number of aryl methyl sites for hydroxylation is 1. The molecule has 25 heavy (non-hydrogen) atoms. The van der Waals surface area contributed by atoms with Gasteiger partial charge in [0, 0.05) is 39.6 Å². The Hall–Kier alpha value is -2.24. The van der Waals surface area contributed by atoms with Crippen LogP contribution in [0.1, 0.15) is 30.3 Å². The van der Waals surface area contributed by atoms with Crippen molar-refractivity contribution in [2.24, 2.45) is 0 Å². The van der Waals surface area contributed by atoms with Crippen LogP contribution < -0.4 is 0 Å². The third kappa shape index (κ3) is 3.43. The molecule has 130 valence electrons. The highest BCUT2D eigenvalue weighted by molar-refractivity contribution is 5.85. The van der Waals surface area contributed by atoms with Crippen LogP contribution in [-0.4, -0.2) is 46.2 Å². The smallest absolute Gasteiger partial charge is 0.233 e. The Morgan fingerprint density at radius 3 is 2.52 bits per heavy atom. The minimum absolute atomic E-state index is 0.181. The van der Waals surface area contributed by atoms with Crippen molar-refractivity contribution in [2.45, 2.75) is 26.4 Å². The van der Waals surface area contributed by atoms with E-state index in [1.807, 2.05) is 6.92 Å². The first kappa shape index (κ1) is 16.2. The molecule has 1 fully saturated rings. The first-order chi connectivity index (χ1) is 12.2. The van der Waals surface area contributed by atoms with Gasteiger partial charge in [-0.3, -0.25) is 9.80 Å². The zero-order valence-electron chi connectivity index (χ0n) is 14.9. The van der Waals surface area contributed by atoms with Gasteiger partial charge in [-0.2, -0.15) is 0 Å². The van der Waals surface area contributed by atoms with Gasteiger partial charge in [0.2, 0.25) is 11.8 Å². The number of piperazine rings is 1. The molecule has 4 rings (SSSR count). The summed E-state index contributed by atoms with van der Waals surface area (Å²) in [4.78, 5) is 4.95. The van der Waals surface area contributed by atoms with Gasteiger partial charge in [0.15, 0.2) is 0 Å². The predicted octanol–water partition coefficient (Wildman–Crippen LogP) is 3.41. The summed E-state index contributed by atoms with van der Waals surface area (Å²) in [6.07, 6.45) is 0. The lowest BCUT2D eigenvalue weighted by Gasteiger charge is -2.37. The van der Waals surface area contributed by atoms with E-state index in [1.165, 1.54) is 16.3 Å². The highest BCUT2D eigenvalue weighted by Gasteiger charge is 2.25. The Bertz CT molecular complexity index is 846. The van der Waals surface area contributed by atoms with E-state index in [-0.39, 0.29) is 6.04 Å². The van der Waals surface area contributed by atoms with E-state index in [2.05, 4.69) is 69.4 Å². The molecular weight excluding hydrogens is 312 g/mol. The predicted molar refractivity (Wildman–Crippen MR) is 98.2 cm³/mol. The molecule has 5 nitrogen and oxygen atoms in total. The Morgan fingerprint density at radius 1 is 1.00 bits per heavy atom. The lowest BCUT2D eigenvalue weighted by Crippen LogP contribution is -2.46. The molecule has 0 N–H and O–H groups in total. The number of hydrogen-bond acceptors (Lipinski definition) is 5. The molecule has 3 aromatic rings. The van der Waals surface area contributed by atoms with E-state index in [9.17, 15) is 0 Å². The number of hydrogen-bond donors (Lipinski definition) is 0. The van der Waals surface area contributed by atoms with Gasteiger partial charge in [0.25, 0.3) is 0 Å². The molecule has 0 spiro atoms. The van der Waals surface area contributed by atoms with E-state index >= 15 is 0 Å². The van der Waals surface area contributed by atoms with Gasteiger partial charge in [-0.25, -0.2) is 0 Å². The second-order valence-corrected chi connectivity index (χ2v) is 6.79. The van der Waals surface area contributed by atoms with Gasteiger partial charge in [-0.1, -0.05) is 42.5 Å². The van der Waals surface area contributed by atoms with Crippen LogP contribution in [0.4, 0.5) is 0 Å². The number of aromatic nitrogens is 2. The highest BCUT2D eigenvalue weighted by Crippen LogP contribution is 2.23. The summed E-state index contributed by atoms with van der Waals surface area (Å²) in [7, 11) is 0. The molecule has 2 heterocycles. The molecule has 1 atom stereocenters. The van der Waals surface area contributed by atoms with Crippen LogP contribution in [0.2, 0.25) is 0 Å². The van der Waals surface area contributed by atoms with Gasteiger partial charge in [-0.05, 0) is 23.3 Å². The second kappa shape index (κ2) is 6.94. The molecule has 0 unspecified atom stereocenters. The van der Waals surface area contributed by atoms with Crippen LogP contribution in [0.5, 0.6) is 0 Å². The Kier molecular flexibility index (Phi) is 4.51. The lowest BCUT2D eigenvalue weighted by atomic mass is 10.0. The third-order valence-corrected chi connectivity index (χ3v) is 5.13. The average Bonchev–Trinajstić information content (AvgIpc) is 3.08. The maximum Gasteiger partial charge on any atom is 0.233 e. The minimum Gasteiger partial charge on any atom is -0.424 e. The van der Waals surface area contributed by atoms with Crippen LogP contribution in [0.15, 0.2) is 46.9 Å². The highest BCUT2D eigenvalue weighted by atomic mass is 16.4. The number of rotatable bonds is 4. The second-order valence-electron chi connectivity index (χ2n) is 6.79. The largest absolute Gasteiger partial charge is 0.424 e. The summed E-state index contributed by atoms with van der Waals surface area (Å²) in [6.45, 7) is 9.14.